The first-order valence-corrected chi connectivity index (χ1v) is 10.3. The molecule has 34 heavy (non-hydrogen) atoms. The van der Waals surface area contributed by atoms with Gasteiger partial charge in [0.1, 0.15) is 0 Å². The van der Waals surface area contributed by atoms with Crippen molar-refractivity contribution in [1.82, 2.24) is 0 Å². The zero-order valence-electron chi connectivity index (χ0n) is 17.7. The summed E-state index contributed by atoms with van der Waals surface area (Å²) in [4.78, 5) is 49.9. The molecule has 10 heteroatoms. The second-order valence-corrected chi connectivity index (χ2v) is 7.55. The molecule has 0 fully saturated rings. The molecule has 0 unspecified atom stereocenters. The highest BCUT2D eigenvalue weighted by Gasteiger charge is 2.27. The van der Waals surface area contributed by atoms with Crippen molar-refractivity contribution in [2.75, 3.05) is 14.2 Å². The van der Waals surface area contributed by atoms with Crippen LogP contribution in [0.15, 0.2) is 48.5 Å². The van der Waals surface area contributed by atoms with Crippen molar-refractivity contribution in [1.29, 1.82) is 0 Å². The van der Waals surface area contributed by atoms with Gasteiger partial charge in [-0.25, -0.2) is 0 Å². The summed E-state index contributed by atoms with van der Waals surface area (Å²) in [6, 6.07) is 9.95. The molecule has 3 aromatic carbocycles. The molecule has 0 aliphatic carbocycles. The van der Waals surface area contributed by atoms with E-state index in [0.29, 0.717) is 0 Å². The molecular formula is C24H16Cl2O8. The molecule has 0 amide bonds. The van der Waals surface area contributed by atoms with E-state index in [1.54, 1.807) is 0 Å². The van der Waals surface area contributed by atoms with Crippen LogP contribution in [0, 0.1) is 0 Å². The van der Waals surface area contributed by atoms with Crippen LogP contribution in [-0.2, 0) is 0 Å². The predicted octanol–water partition coefficient (Wildman–Crippen LogP) is 4.34. The highest BCUT2D eigenvalue weighted by molar-refractivity contribution is 6.68. The van der Waals surface area contributed by atoms with Crippen LogP contribution in [0.3, 0.4) is 0 Å². The maximum Gasteiger partial charge on any atom is 0.253 e. The minimum atomic E-state index is -0.928. The van der Waals surface area contributed by atoms with Crippen LogP contribution in [0.5, 0.6) is 23.0 Å². The lowest BCUT2D eigenvalue weighted by Gasteiger charge is -2.14. The summed E-state index contributed by atoms with van der Waals surface area (Å²) < 4.78 is 10.2. The highest BCUT2D eigenvalue weighted by atomic mass is 35.5. The third kappa shape index (κ3) is 4.46. The average Bonchev–Trinajstić information content (AvgIpc) is 2.82. The number of hydrogen-bond donors (Lipinski definition) is 2. The van der Waals surface area contributed by atoms with Gasteiger partial charge in [-0.05, 0) is 47.5 Å². The first-order valence-electron chi connectivity index (χ1n) is 9.51. The number of phenolic OH excluding ortho intramolecular Hbond substituents is 2. The number of halogens is 2. The Morgan fingerprint density at radius 3 is 1.21 bits per heavy atom. The number of ether oxygens (including phenoxy) is 2. The van der Waals surface area contributed by atoms with E-state index in [4.69, 9.17) is 32.7 Å². The summed E-state index contributed by atoms with van der Waals surface area (Å²) in [6.45, 7) is 0. The molecule has 174 valence electrons. The van der Waals surface area contributed by atoms with Gasteiger partial charge in [-0.1, -0.05) is 24.3 Å². The van der Waals surface area contributed by atoms with Crippen molar-refractivity contribution in [3.63, 3.8) is 0 Å². The van der Waals surface area contributed by atoms with Crippen LogP contribution in [0.2, 0.25) is 0 Å². The Kier molecular flexibility index (Phi) is 7.24. The van der Waals surface area contributed by atoms with Gasteiger partial charge >= 0.3 is 0 Å². The van der Waals surface area contributed by atoms with Gasteiger partial charge in [-0.3, -0.25) is 19.2 Å². The number of hydrogen-bond acceptors (Lipinski definition) is 8. The molecule has 0 aliphatic heterocycles. The SMILES string of the molecule is COc1c(O)ccc(C(=O)Cl)c1C(=O)c1ccc(C(=O)c2c(C(=O)Cl)ccc(O)c2OC)cc1. The minimum Gasteiger partial charge on any atom is -0.504 e. The third-order valence-electron chi connectivity index (χ3n) is 4.97. The van der Waals surface area contributed by atoms with Gasteiger partial charge in [-0.2, -0.15) is 0 Å². The molecular weight excluding hydrogens is 487 g/mol. The van der Waals surface area contributed by atoms with E-state index < -0.39 is 22.1 Å². The van der Waals surface area contributed by atoms with Gasteiger partial charge in [0.25, 0.3) is 10.5 Å². The van der Waals surface area contributed by atoms with E-state index in [1.165, 1.54) is 62.8 Å². The van der Waals surface area contributed by atoms with Crippen LogP contribution in [0.1, 0.15) is 52.6 Å². The fourth-order valence-corrected chi connectivity index (χ4v) is 3.71. The van der Waals surface area contributed by atoms with Gasteiger partial charge in [0.2, 0.25) is 0 Å². The van der Waals surface area contributed by atoms with Gasteiger partial charge < -0.3 is 19.7 Å². The van der Waals surface area contributed by atoms with Crippen molar-refractivity contribution in [3.05, 3.63) is 81.9 Å². The van der Waals surface area contributed by atoms with Crippen molar-refractivity contribution in [3.8, 4) is 23.0 Å². The molecule has 3 aromatic rings. The van der Waals surface area contributed by atoms with Crippen molar-refractivity contribution in [2.45, 2.75) is 0 Å². The first kappa shape index (κ1) is 24.8. The fourth-order valence-electron chi connectivity index (χ4n) is 3.40. The Morgan fingerprint density at radius 1 is 0.618 bits per heavy atom. The number of phenols is 2. The number of aromatic hydroxyl groups is 2. The van der Waals surface area contributed by atoms with Crippen LogP contribution < -0.4 is 9.47 Å². The monoisotopic (exact) mass is 502 g/mol. The molecule has 0 saturated carbocycles. The number of benzene rings is 3. The summed E-state index contributed by atoms with van der Waals surface area (Å²) >= 11 is 11.2. The van der Waals surface area contributed by atoms with Crippen molar-refractivity contribution in [2.24, 2.45) is 0 Å². The third-order valence-corrected chi connectivity index (χ3v) is 5.38. The normalized spacial score (nSPS) is 10.5. The Hall–Kier alpha value is -3.88. The lowest BCUT2D eigenvalue weighted by molar-refractivity contribution is 0.101. The van der Waals surface area contributed by atoms with E-state index >= 15 is 0 Å². The summed E-state index contributed by atoms with van der Waals surface area (Å²) in [7, 11) is 2.43. The maximum atomic E-state index is 13.1. The molecule has 8 nitrogen and oxygen atoms in total. The van der Waals surface area contributed by atoms with Crippen molar-refractivity contribution < 1.29 is 38.9 Å². The van der Waals surface area contributed by atoms with Crippen LogP contribution in [-0.4, -0.2) is 46.5 Å². The van der Waals surface area contributed by atoms with Gasteiger partial charge in [-0.15, -0.1) is 0 Å². The number of ketones is 2. The lowest BCUT2D eigenvalue weighted by atomic mass is 9.94. The zero-order chi connectivity index (χ0) is 25.2. The largest absolute Gasteiger partial charge is 0.504 e. The topological polar surface area (TPSA) is 127 Å². The predicted molar refractivity (Wildman–Crippen MR) is 123 cm³/mol. The molecule has 0 aromatic heterocycles. The molecule has 0 atom stereocenters. The Balaban J connectivity index is 2.07. The van der Waals surface area contributed by atoms with E-state index in [9.17, 15) is 29.4 Å². The number of methoxy groups -OCH3 is 2. The molecule has 0 radical (unpaired) electrons. The minimum absolute atomic E-state index is 0.0520. The summed E-state index contributed by atoms with van der Waals surface area (Å²) in [5, 5.41) is 18.2. The number of carbonyl (C=O) groups excluding carboxylic acids is 4. The van der Waals surface area contributed by atoms with E-state index in [1.807, 2.05) is 0 Å². The second kappa shape index (κ2) is 9.94. The molecule has 2 N–H and O–H groups in total. The molecule has 0 bridgehead atoms. The standard InChI is InChI=1S/C24H16Cl2O8/c1-33-21-15(27)9-7-13(23(25)31)17(21)19(29)11-3-5-12(6-4-11)20(30)18-14(24(26)32)8-10-16(28)22(18)34-2/h3-10,27-28H,1-2H3. The summed E-state index contributed by atoms with van der Waals surface area (Å²) in [6.07, 6.45) is 0. The van der Waals surface area contributed by atoms with Crippen LogP contribution in [0.25, 0.3) is 0 Å². The average molecular weight is 503 g/mol. The van der Waals surface area contributed by atoms with E-state index in [0.717, 1.165) is 0 Å². The second-order valence-electron chi connectivity index (χ2n) is 6.86. The van der Waals surface area contributed by atoms with Crippen molar-refractivity contribution >= 4 is 45.3 Å². The molecule has 0 spiro atoms. The zero-order valence-corrected chi connectivity index (χ0v) is 19.2. The molecule has 0 heterocycles. The molecule has 0 saturated heterocycles. The van der Waals surface area contributed by atoms with E-state index in [-0.39, 0.29) is 56.4 Å². The maximum absolute atomic E-state index is 13.1. The lowest BCUT2D eigenvalue weighted by Crippen LogP contribution is -2.12. The Morgan fingerprint density at radius 2 is 0.941 bits per heavy atom. The Bertz CT molecular complexity index is 1230. The van der Waals surface area contributed by atoms with Gasteiger partial charge in [0, 0.05) is 22.3 Å². The number of rotatable bonds is 8. The molecule has 3 rings (SSSR count). The van der Waals surface area contributed by atoms with Crippen LogP contribution in [0.4, 0.5) is 0 Å². The van der Waals surface area contributed by atoms with Gasteiger partial charge in [0.15, 0.2) is 34.6 Å². The summed E-state index contributed by atoms with van der Waals surface area (Å²) in [5.41, 5.74) is -0.725. The Labute approximate surface area is 203 Å². The summed E-state index contributed by atoms with van der Waals surface area (Å²) in [5.74, 6) is -2.58. The van der Waals surface area contributed by atoms with Crippen LogP contribution >= 0.6 is 23.2 Å². The molecule has 0 aliphatic rings. The number of carbonyl (C=O) groups is 4. The first-order chi connectivity index (χ1) is 16.1. The smallest absolute Gasteiger partial charge is 0.253 e. The van der Waals surface area contributed by atoms with E-state index in [2.05, 4.69) is 0 Å². The van der Waals surface area contributed by atoms with Gasteiger partial charge in [0.05, 0.1) is 25.3 Å². The quantitative estimate of drug-likeness (QED) is 0.344. The highest BCUT2D eigenvalue weighted by Crippen LogP contribution is 2.36. The fraction of sp³-hybridized carbons (Fsp3) is 0.0833.